The van der Waals surface area contributed by atoms with Gasteiger partial charge in [-0.15, -0.1) is 0 Å². The molecule has 3 N–H and O–H groups in total. The molecule has 1 aromatic carbocycles. The standard InChI is InChI=1S/C18H15ClF3N7O/c1-3-15(30)25-11-4-10(18(20,21)22)5-12(6-11)26-16-14(19)8-23-17(28-16)27-13-7-24-29(2)9-13/h3-9H,1H2,2H3,(H,25,30)(H2,23,26,27,28). The maximum Gasteiger partial charge on any atom is 0.416 e. The van der Waals surface area contributed by atoms with Crippen LogP contribution < -0.4 is 16.0 Å². The molecule has 0 unspecified atom stereocenters. The molecule has 0 saturated carbocycles. The van der Waals surface area contributed by atoms with Crippen LogP contribution in [-0.2, 0) is 18.0 Å². The molecule has 0 aliphatic heterocycles. The van der Waals surface area contributed by atoms with Crippen molar-refractivity contribution >= 4 is 46.3 Å². The van der Waals surface area contributed by atoms with Crippen molar-refractivity contribution < 1.29 is 18.0 Å². The molecule has 12 heteroatoms. The van der Waals surface area contributed by atoms with Crippen LogP contribution in [0.5, 0.6) is 0 Å². The molecule has 0 saturated heterocycles. The van der Waals surface area contributed by atoms with E-state index < -0.39 is 17.6 Å². The van der Waals surface area contributed by atoms with Gasteiger partial charge in [-0.2, -0.15) is 23.3 Å². The number of benzene rings is 1. The number of hydrogen-bond acceptors (Lipinski definition) is 6. The van der Waals surface area contributed by atoms with Crippen molar-refractivity contribution in [3.05, 3.63) is 60.0 Å². The number of aryl methyl sites for hydroxylation is 1. The summed E-state index contributed by atoms with van der Waals surface area (Å²) in [6.07, 6.45) is 0.849. The van der Waals surface area contributed by atoms with Gasteiger partial charge in [0.2, 0.25) is 11.9 Å². The van der Waals surface area contributed by atoms with Gasteiger partial charge in [0, 0.05) is 24.6 Å². The number of aromatic nitrogens is 4. The molecule has 0 radical (unpaired) electrons. The summed E-state index contributed by atoms with van der Waals surface area (Å²) >= 11 is 6.09. The number of nitrogens with zero attached hydrogens (tertiary/aromatic N) is 4. The lowest BCUT2D eigenvalue weighted by Gasteiger charge is -2.14. The number of carbonyl (C=O) groups excluding carboxylic acids is 1. The van der Waals surface area contributed by atoms with E-state index in [4.69, 9.17) is 11.6 Å². The fourth-order valence-electron chi connectivity index (χ4n) is 2.40. The monoisotopic (exact) mass is 437 g/mol. The lowest BCUT2D eigenvalue weighted by Crippen LogP contribution is -2.11. The molecule has 1 amide bonds. The lowest BCUT2D eigenvalue weighted by molar-refractivity contribution is -0.137. The molecule has 156 valence electrons. The quantitative estimate of drug-likeness (QED) is 0.491. The Bertz CT molecular complexity index is 1100. The Hall–Kier alpha value is -3.60. The minimum absolute atomic E-state index is 0.0112. The molecule has 0 aliphatic rings. The number of rotatable bonds is 6. The molecular formula is C18H15ClF3N7O. The molecular weight excluding hydrogens is 423 g/mol. The molecule has 2 heterocycles. The number of hydrogen-bond donors (Lipinski definition) is 3. The zero-order chi connectivity index (χ0) is 21.9. The van der Waals surface area contributed by atoms with E-state index in [1.165, 1.54) is 12.3 Å². The number of anilines is 5. The van der Waals surface area contributed by atoms with Gasteiger partial charge in [0.05, 0.1) is 23.6 Å². The first-order chi connectivity index (χ1) is 14.1. The predicted octanol–water partition coefficient (Wildman–Crippen LogP) is 4.49. The average Bonchev–Trinajstić information content (AvgIpc) is 3.08. The van der Waals surface area contributed by atoms with Crippen LogP contribution in [0.15, 0.2) is 49.4 Å². The SMILES string of the molecule is C=CC(=O)Nc1cc(Nc2nc(Nc3cnn(C)c3)ncc2Cl)cc(C(F)(F)F)c1. The minimum atomic E-state index is -4.63. The van der Waals surface area contributed by atoms with Crippen LogP contribution >= 0.6 is 11.6 Å². The van der Waals surface area contributed by atoms with Gasteiger partial charge in [0.25, 0.3) is 0 Å². The zero-order valence-electron chi connectivity index (χ0n) is 15.5. The molecule has 0 spiro atoms. The molecule has 0 fully saturated rings. The Morgan fingerprint density at radius 3 is 2.53 bits per heavy atom. The Labute approximate surface area is 173 Å². The number of halogens is 4. The second kappa shape index (κ2) is 8.41. The summed E-state index contributed by atoms with van der Waals surface area (Å²) in [5.41, 5.74) is -0.418. The highest BCUT2D eigenvalue weighted by Gasteiger charge is 2.31. The third-order valence-corrected chi connectivity index (χ3v) is 3.96. The van der Waals surface area contributed by atoms with Gasteiger partial charge in [0.15, 0.2) is 5.82 Å². The van der Waals surface area contributed by atoms with Gasteiger partial charge in [-0.05, 0) is 24.3 Å². The third-order valence-electron chi connectivity index (χ3n) is 3.68. The van der Waals surface area contributed by atoms with Crippen LogP contribution in [0.4, 0.5) is 42.0 Å². The van der Waals surface area contributed by atoms with Gasteiger partial charge in [-0.25, -0.2) is 4.98 Å². The van der Waals surface area contributed by atoms with Crippen molar-refractivity contribution in [2.75, 3.05) is 16.0 Å². The highest BCUT2D eigenvalue weighted by molar-refractivity contribution is 6.32. The van der Waals surface area contributed by atoms with Gasteiger partial charge in [-0.1, -0.05) is 18.2 Å². The van der Waals surface area contributed by atoms with E-state index in [-0.39, 0.29) is 28.2 Å². The van der Waals surface area contributed by atoms with Crippen LogP contribution in [-0.4, -0.2) is 25.7 Å². The maximum atomic E-state index is 13.3. The van der Waals surface area contributed by atoms with Crippen LogP contribution in [0, 0.1) is 0 Å². The summed E-state index contributed by atoms with van der Waals surface area (Å²) in [4.78, 5) is 19.7. The number of amides is 1. The van der Waals surface area contributed by atoms with Crippen LogP contribution in [0.3, 0.4) is 0 Å². The van der Waals surface area contributed by atoms with Crippen LogP contribution in [0.2, 0.25) is 5.02 Å². The summed E-state index contributed by atoms with van der Waals surface area (Å²) in [5, 5.41) is 12.0. The normalized spacial score (nSPS) is 11.1. The fourth-order valence-corrected chi connectivity index (χ4v) is 2.53. The molecule has 3 rings (SSSR count). The molecule has 0 aliphatic carbocycles. The van der Waals surface area contributed by atoms with Gasteiger partial charge >= 0.3 is 6.18 Å². The van der Waals surface area contributed by atoms with Crippen LogP contribution in [0.1, 0.15) is 5.56 Å². The topological polar surface area (TPSA) is 96.8 Å². The van der Waals surface area contributed by atoms with Gasteiger partial charge in [-0.3, -0.25) is 9.48 Å². The number of alkyl halides is 3. The van der Waals surface area contributed by atoms with Crippen molar-refractivity contribution in [2.24, 2.45) is 7.05 Å². The van der Waals surface area contributed by atoms with Gasteiger partial charge in [0.1, 0.15) is 5.02 Å². The summed E-state index contributed by atoms with van der Waals surface area (Å²) in [7, 11) is 1.73. The Morgan fingerprint density at radius 2 is 1.90 bits per heavy atom. The zero-order valence-corrected chi connectivity index (χ0v) is 16.2. The number of carbonyl (C=O) groups is 1. The van der Waals surface area contributed by atoms with Gasteiger partial charge < -0.3 is 16.0 Å². The first-order valence-corrected chi connectivity index (χ1v) is 8.73. The first-order valence-electron chi connectivity index (χ1n) is 8.35. The van der Waals surface area contributed by atoms with E-state index in [1.807, 2.05) is 0 Å². The Kier molecular flexibility index (Phi) is 5.92. The predicted molar refractivity (Wildman–Crippen MR) is 107 cm³/mol. The molecule has 3 aromatic rings. The van der Waals surface area contributed by atoms with E-state index in [0.29, 0.717) is 5.69 Å². The maximum absolute atomic E-state index is 13.3. The summed E-state index contributed by atoms with van der Waals surface area (Å²) < 4.78 is 41.4. The van der Waals surface area contributed by atoms with E-state index in [2.05, 4.69) is 37.6 Å². The Balaban J connectivity index is 1.92. The van der Waals surface area contributed by atoms with E-state index in [0.717, 1.165) is 18.2 Å². The molecule has 0 bridgehead atoms. The largest absolute Gasteiger partial charge is 0.416 e. The van der Waals surface area contributed by atoms with E-state index in [9.17, 15) is 18.0 Å². The summed E-state index contributed by atoms with van der Waals surface area (Å²) in [5.74, 6) is -0.427. The summed E-state index contributed by atoms with van der Waals surface area (Å²) in [6.45, 7) is 3.28. The second-order valence-electron chi connectivity index (χ2n) is 6.03. The highest BCUT2D eigenvalue weighted by atomic mass is 35.5. The third kappa shape index (κ3) is 5.26. The van der Waals surface area contributed by atoms with E-state index in [1.54, 1.807) is 24.1 Å². The Morgan fingerprint density at radius 1 is 1.17 bits per heavy atom. The van der Waals surface area contributed by atoms with Crippen molar-refractivity contribution in [2.45, 2.75) is 6.18 Å². The molecule has 8 nitrogen and oxygen atoms in total. The molecule has 2 aromatic heterocycles. The second-order valence-corrected chi connectivity index (χ2v) is 6.44. The van der Waals surface area contributed by atoms with E-state index >= 15 is 0 Å². The molecule has 0 atom stereocenters. The van der Waals surface area contributed by atoms with Crippen LogP contribution in [0.25, 0.3) is 0 Å². The average molecular weight is 438 g/mol. The molecule has 30 heavy (non-hydrogen) atoms. The number of nitrogens with one attached hydrogen (secondary N) is 3. The first kappa shape index (κ1) is 21.1. The van der Waals surface area contributed by atoms with Crippen molar-refractivity contribution in [3.8, 4) is 0 Å². The van der Waals surface area contributed by atoms with Crippen molar-refractivity contribution in [1.82, 2.24) is 19.7 Å². The van der Waals surface area contributed by atoms with Crippen molar-refractivity contribution in [3.63, 3.8) is 0 Å². The lowest BCUT2D eigenvalue weighted by atomic mass is 10.1. The highest BCUT2D eigenvalue weighted by Crippen LogP contribution is 2.35. The summed E-state index contributed by atoms with van der Waals surface area (Å²) in [6, 6.07) is 2.99. The fraction of sp³-hybridized carbons (Fsp3) is 0.111. The minimum Gasteiger partial charge on any atom is -0.339 e. The smallest absolute Gasteiger partial charge is 0.339 e. The van der Waals surface area contributed by atoms with Crippen molar-refractivity contribution in [1.29, 1.82) is 0 Å².